The summed E-state index contributed by atoms with van der Waals surface area (Å²) in [5, 5.41) is 4.37. The Hall–Kier alpha value is -3.23. The first-order chi connectivity index (χ1) is 16.6. The van der Waals surface area contributed by atoms with Crippen LogP contribution in [0.3, 0.4) is 0 Å². The van der Waals surface area contributed by atoms with Gasteiger partial charge in [-0.25, -0.2) is 4.98 Å². The Bertz CT molecular complexity index is 1560. The zero-order chi connectivity index (χ0) is 25.4. The van der Waals surface area contributed by atoms with E-state index in [1.807, 2.05) is 12.1 Å². The number of halogens is 3. The van der Waals surface area contributed by atoms with Gasteiger partial charge < -0.3 is 11.1 Å². The largest absolute Gasteiger partial charge is 0.324 e. The summed E-state index contributed by atoms with van der Waals surface area (Å²) < 4.78 is 1.27. The van der Waals surface area contributed by atoms with E-state index >= 15 is 0 Å². The third kappa shape index (κ3) is 4.68. The number of pyridine rings is 2. The molecule has 7 nitrogen and oxygen atoms in total. The third-order valence-corrected chi connectivity index (χ3v) is 6.30. The molecule has 2 heterocycles. The average molecular weight is 530 g/mol. The minimum absolute atomic E-state index is 0.0579. The van der Waals surface area contributed by atoms with Gasteiger partial charge in [0.2, 0.25) is 5.91 Å². The number of rotatable bonds is 5. The van der Waals surface area contributed by atoms with E-state index in [-0.39, 0.29) is 23.4 Å². The number of aryl methyl sites for hydroxylation is 1. The molecule has 0 saturated carbocycles. The lowest BCUT2D eigenvalue weighted by Gasteiger charge is -2.18. The molecular weight excluding hydrogens is 511 g/mol. The van der Waals surface area contributed by atoms with Crippen LogP contribution in [0, 0.1) is 0 Å². The Labute approximate surface area is 215 Å². The molecule has 1 amide bonds. The van der Waals surface area contributed by atoms with E-state index in [0.29, 0.717) is 37.3 Å². The van der Waals surface area contributed by atoms with E-state index in [1.54, 1.807) is 36.4 Å². The molecule has 2 aromatic carbocycles. The first-order valence-corrected chi connectivity index (χ1v) is 11.6. The van der Waals surface area contributed by atoms with Crippen LogP contribution in [0.25, 0.3) is 33.4 Å². The maximum Gasteiger partial charge on any atom is 0.264 e. The van der Waals surface area contributed by atoms with Gasteiger partial charge >= 0.3 is 0 Å². The van der Waals surface area contributed by atoms with Crippen LogP contribution in [-0.4, -0.2) is 27.8 Å². The molecule has 2 aromatic heterocycles. The molecule has 0 saturated heterocycles. The zero-order valence-corrected chi connectivity index (χ0v) is 20.9. The highest BCUT2D eigenvalue weighted by molar-refractivity contribution is 6.36. The molecule has 0 bridgehead atoms. The molecule has 35 heavy (non-hydrogen) atoms. The molecule has 0 aliphatic carbocycles. The molecule has 3 N–H and O–H groups in total. The summed E-state index contributed by atoms with van der Waals surface area (Å²) >= 11 is 18.7. The standard InChI is InChI=1S/C25H19Cl3N4O3/c1-12(33)21-23(30-20(34)11-29)18-10-17(13-3-5-14(26)6-4-13)22(31-24(18)32(2)25(21)35)16-8-7-15(27)9-19(16)28/h3-10H,11,29H2,1-2H3,(H,30,34). The van der Waals surface area contributed by atoms with Crippen molar-refractivity contribution in [2.75, 3.05) is 11.9 Å². The van der Waals surface area contributed by atoms with Crippen LogP contribution in [0.15, 0.2) is 53.3 Å². The van der Waals surface area contributed by atoms with Crippen molar-refractivity contribution >= 4 is 63.2 Å². The lowest BCUT2D eigenvalue weighted by Crippen LogP contribution is -2.30. The summed E-state index contributed by atoms with van der Waals surface area (Å²) in [5.41, 5.74) is 7.46. The molecule has 178 valence electrons. The van der Waals surface area contributed by atoms with Crippen molar-refractivity contribution in [1.82, 2.24) is 9.55 Å². The maximum absolute atomic E-state index is 13.1. The van der Waals surface area contributed by atoms with Gasteiger partial charge in [-0.1, -0.05) is 46.9 Å². The second-order valence-electron chi connectivity index (χ2n) is 7.81. The van der Waals surface area contributed by atoms with Gasteiger partial charge in [0.05, 0.1) is 22.9 Å². The van der Waals surface area contributed by atoms with Crippen LogP contribution in [-0.2, 0) is 11.8 Å². The van der Waals surface area contributed by atoms with Crippen molar-refractivity contribution < 1.29 is 9.59 Å². The second kappa shape index (κ2) is 9.79. The van der Waals surface area contributed by atoms with E-state index in [0.717, 1.165) is 5.56 Å². The van der Waals surface area contributed by atoms with Crippen molar-refractivity contribution in [1.29, 1.82) is 0 Å². The number of fused-ring (bicyclic) bond motifs is 1. The number of Topliss-reactive ketones (excluding diaryl/α,β-unsaturated/α-hetero) is 1. The number of carbonyl (C=O) groups is 2. The van der Waals surface area contributed by atoms with Gasteiger partial charge in [0.1, 0.15) is 11.2 Å². The fourth-order valence-electron chi connectivity index (χ4n) is 3.83. The Kier molecular flexibility index (Phi) is 6.96. The summed E-state index contributed by atoms with van der Waals surface area (Å²) in [5.74, 6) is -1.06. The highest BCUT2D eigenvalue weighted by atomic mass is 35.5. The molecule has 4 aromatic rings. The van der Waals surface area contributed by atoms with Gasteiger partial charge in [-0.2, -0.15) is 0 Å². The number of hydrogen-bond acceptors (Lipinski definition) is 5. The van der Waals surface area contributed by atoms with Gasteiger partial charge in [0.25, 0.3) is 5.56 Å². The van der Waals surface area contributed by atoms with Gasteiger partial charge in [-0.3, -0.25) is 19.0 Å². The highest BCUT2D eigenvalue weighted by Crippen LogP contribution is 2.39. The quantitative estimate of drug-likeness (QED) is 0.340. The molecule has 0 radical (unpaired) electrons. The van der Waals surface area contributed by atoms with E-state index in [1.165, 1.54) is 18.5 Å². The van der Waals surface area contributed by atoms with Crippen LogP contribution in [0.5, 0.6) is 0 Å². The predicted molar refractivity (Wildman–Crippen MR) is 141 cm³/mol. The molecule has 0 spiro atoms. The number of ketones is 1. The van der Waals surface area contributed by atoms with Gasteiger partial charge in [0.15, 0.2) is 5.78 Å². The van der Waals surface area contributed by atoms with Gasteiger partial charge in [-0.15, -0.1) is 0 Å². The molecule has 10 heteroatoms. The summed E-state index contributed by atoms with van der Waals surface area (Å²) in [6.45, 7) is 0.931. The number of carbonyl (C=O) groups excluding carboxylic acids is 2. The first-order valence-electron chi connectivity index (χ1n) is 10.4. The lowest BCUT2D eigenvalue weighted by atomic mass is 9.96. The molecule has 0 fully saturated rings. The average Bonchev–Trinajstić information content (AvgIpc) is 2.82. The molecule has 0 aliphatic heterocycles. The van der Waals surface area contributed by atoms with E-state index in [9.17, 15) is 14.4 Å². The Morgan fingerprint density at radius 2 is 1.66 bits per heavy atom. The van der Waals surface area contributed by atoms with Crippen molar-refractivity contribution in [2.45, 2.75) is 6.92 Å². The lowest BCUT2D eigenvalue weighted by molar-refractivity contribution is -0.114. The number of aromatic nitrogens is 2. The van der Waals surface area contributed by atoms with E-state index in [4.69, 9.17) is 45.5 Å². The van der Waals surface area contributed by atoms with Crippen LogP contribution < -0.4 is 16.6 Å². The minimum atomic E-state index is -0.600. The van der Waals surface area contributed by atoms with Crippen LogP contribution in [0.2, 0.25) is 15.1 Å². The Morgan fingerprint density at radius 1 is 1.00 bits per heavy atom. The number of nitrogens with two attached hydrogens (primary N) is 1. The van der Waals surface area contributed by atoms with Crippen molar-refractivity contribution in [3.05, 3.63) is 79.5 Å². The number of amides is 1. The number of nitrogens with zero attached hydrogens (tertiary/aromatic N) is 2. The van der Waals surface area contributed by atoms with Crippen LogP contribution >= 0.6 is 34.8 Å². The first kappa shape index (κ1) is 24.9. The summed E-state index contributed by atoms with van der Waals surface area (Å²) in [6, 6.07) is 13.8. The Balaban J connectivity index is 2.18. The maximum atomic E-state index is 13.1. The van der Waals surface area contributed by atoms with Crippen molar-refractivity contribution in [3.63, 3.8) is 0 Å². The number of nitrogens with one attached hydrogen (secondary N) is 1. The van der Waals surface area contributed by atoms with E-state index in [2.05, 4.69) is 5.32 Å². The third-order valence-electron chi connectivity index (χ3n) is 5.50. The molecular formula is C25H19Cl3N4O3. The summed E-state index contributed by atoms with van der Waals surface area (Å²) in [7, 11) is 1.51. The van der Waals surface area contributed by atoms with Crippen LogP contribution in [0.4, 0.5) is 5.69 Å². The molecule has 0 unspecified atom stereocenters. The summed E-state index contributed by atoms with van der Waals surface area (Å²) in [4.78, 5) is 42.6. The molecule has 0 atom stereocenters. The molecule has 4 rings (SSSR count). The SMILES string of the molecule is CC(=O)c1c(NC(=O)CN)c2cc(-c3ccc(Cl)cc3)c(-c3ccc(Cl)cc3Cl)nc2n(C)c1=O. The van der Waals surface area contributed by atoms with Gasteiger partial charge in [0, 0.05) is 33.6 Å². The zero-order valence-electron chi connectivity index (χ0n) is 18.7. The normalized spacial score (nSPS) is 11.0. The number of benzene rings is 2. The smallest absolute Gasteiger partial charge is 0.264 e. The molecule has 0 aliphatic rings. The highest BCUT2D eigenvalue weighted by Gasteiger charge is 2.24. The fraction of sp³-hybridized carbons (Fsp3) is 0.120. The van der Waals surface area contributed by atoms with Gasteiger partial charge in [-0.05, 0) is 48.9 Å². The van der Waals surface area contributed by atoms with Crippen LogP contribution in [0.1, 0.15) is 17.3 Å². The number of hydrogen-bond donors (Lipinski definition) is 2. The number of anilines is 1. The topological polar surface area (TPSA) is 107 Å². The van der Waals surface area contributed by atoms with Crippen molar-refractivity contribution in [2.24, 2.45) is 12.8 Å². The second-order valence-corrected chi connectivity index (χ2v) is 9.09. The fourth-order valence-corrected chi connectivity index (χ4v) is 4.46. The summed E-state index contributed by atoms with van der Waals surface area (Å²) in [6.07, 6.45) is 0. The predicted octanol–water partition coefficient (Wildman–Crippen LogP) is 5.33. The Morgan fingerprint density at radius 3 is 2.26 bits per heavy atom. The monoisotopic (exact) mass is 528 g/mol. The minimum Gasteiger partial charge on any atom is -0.324 e. The van der Waals surface area contributed by atoms with E-state index < -0.39 is 17.2 Å². The van der Waals surface area contributed by atoms with Crippen molar-refractivity contribution in [3.8, 4) is 22.4 Å².